The molecule has 0 heterocycles. The zero-order chi connectivity index (χ0) is 15.9. The van der Waals surface area contributed by atoms with E-state index in [1.807, 2.05) is 38.1 Å². The smallest absolute Gasteiger partial charge is 0.336 e. The SMILES string of the molecule is Cc1ccc(C=C2Cc3cccc(C)c3C2=O)c(C(=O)O)c1. The van der Waals surface area contributed by atoms with Gasteiger partial charge in [-0.15, -0.1) is 0 Å². The maximum Gasteiger partial charge on any atom is 0.336 e. The van der Waals surface area contributed by atoms with Crippen LogP contribution in [0.4, 0.5) is 0 Å². The molecule has 22 heavy (non-hydrogen) atoms. The lowest BCUT2D eigenvalue weighted by Crippen LogP contribution is -2.02. The average molecular weight is 292 g/mol. The summed E-state index contributed by atoms with van der Waals surface area (Å²) in [4.78, 5) is 23.9. The van der Waals surface area contributed by atoms with Crippen LogP contribution >= 0.6 is 0 Å². The van der Waals surface area contributed by atoms with E-state index in [1.165, 1.54) is 0 Å². The highest BCUT2D eigenvalue weighted by Gasteiger charge is 2.26. The molecule has 0 aromatic heterocycles. The number of rotatable bonds is 2. The minimum Gasteiger partial charge on any atom is -0.478 e. The number of hydrogen-bond donors (Lipinski definition) is 1. The van der Waals surface area contributed by atoms with Crippen molar-refractivity contribution < 1.29 is 14.7 Å². The molecule has 1 aliphatic rings. The molecule has 0 atom stereocenters. The molecule has 0 spiro atoms. The van der Waals surface area contributed by atoms with Crippen molar-refractivity contribution in [3.8, 4) is 0 Å². The zero-order valence-corrected chi connectivity index (χ0v) is 12.5. The molecule has 0 saturated heterocycles. The summed E-state index contributed by atoms with van der Waals surface area (Å²) in [5, 5.41) is 9.33. The molecule has 2 aromatic rings. The first kappa shape index (κ1) is 14.3. The first-order valence-corrected chi connectivity index (χ1v) is 7.15. The summed E-state index contributed by atoms with van der Waals surface area (Å²) < 4.78 is 0. The van der Waals surface area contributed by atoms with Crippen LogP contribution in [0.15, 0.2) is 42.0 Å². The van der Waals surface area contributed by atoms with Crippen LogP contribution in [-0.2, 0) is 6.42 Å². The Hall–Kier alpha value is -2.68. The highest BCUT2D eigenvalue weighted by Crippen LogP contribution is 2.30. The normalized spacial score (nSPS) is 15.2. The highest BCUT2D eigenvalue weighted by molar-refractivity contribution is 6.16. The monoisotopic (exact) mass is 292 g/mol. The number of ketones is 1. The molecule has 2 aromatic carbocycles. The van der Waals surface area contributed by atoms with Crippen molar-refractivity contribution in [3.05, 3.63) is 75.4 Å². The second kappa shape index (κ2) is 5.26. The van der Waals surface area contributed by atoms with E-state index in [0.717, 1.165) is 22.3 Å². The number of Topliss-reactive ketones (excluding diaryl/α,β-unsaturated/α-hetero) is 1. The zero-order valence-electron chi connectivity index (χ0n) is 12.5. The minimum absolute atomic E-state index is 0.00464. The molecule has 0 unspecified atom stereocenters. The molecule has 0 aliphatic heterocycles. The molecule has 0 radical (unpaired) electrons. The van der Waals surface area contributed by atoms with Crippen LogP contribution in [0.1, 0.15) is 43.0 Å². The quantitative estimate of drug-likeness (QED) is 0.856. The van der Waals surface area contributed by atoms with Crippen molar-refractivity contribution in [2.75, 3.05) is 0 Å². The molecule has 3 heteroatoms. The Bertz CT molecular complexity index is 829. The number of aromatic carboxylic acids is 1. The van der Waals surface area contributed by atoms with Crippen molar-refractivity contribution in [2.45, 2.75) is 20.3 Å². The second-order valence-corrected chi connectivity index (χ2v) is 5.68. The minimum atomic E-state index is -0.977. The number of benzene rings is 2. The summed E-state index contributed by atoms with van der Waals surface area (Å²) in [5.74, 6) is -0.972. The molecule has 110 valence electrons. The van der Waals surface area contributed by atoms with E-state index in [4.69, 9.17) is 0 Å². The summed E-state index contributed by atoms with van der Waals surface area (Å²) in [6, 6.07) is 11.1. The Morgan fingerprint density at radius 3 is 2.64 bits per heavy atom. The molecular weight excluding hydrogens is 276 g/mol. The van der Waals surface area contributed by atoms with Crippen molar-refractivity contribution >= 4 is 17.8 Å². The lowest BCUT2D eigenvalue weighted by molar-refractivity contribution is 0.0696. The van der Waals surface area contributed by atoms with Crippen molar-refractivity contribution in [1.29, 1.82) is 0 Å². The van der Waals surface area contributed by atoms with Crippen molar-refractivity contribution in [2.24, 2.45) is 0 Å². The maximum absolute atomic E-state index is 12.6. The molecule has 0 bridgehead atoms. The average Bonchev–Trinajstić information content (AvgIpc) is 2.78. The third-order valence-corrected chi connectivity index (χ3v) is 4.03. The van der Waals surface area contributed by atoms with E-state index in [0.29, 0.717) is 17.6 Å². The van der Waals surface area contributed by atoms with Gasteiger partial charge in [-0.25, -0.2) is 4.79 Å². The van der Waals surface area contributed by atoms with Gasteiger partial charge in [0.25, 0.3) is 0 Å². The van der Waals surface area contributed by atoms with E-state index in [1.54, 1.807) is 18.2 Å². The van der Waals surface area contributed by atoms with Gasteiger partial charge in [-0.05, 0) is 42.7 Å². The summed E-state index contributed by atoms with van der Waals surface area (Å²) in [5.41, 5.74) is 5.08. The molecule has 1 aliphatic carbocycles. The predicted octanol–water partition coefficient (Wildman–Crippen LogP) is 3.82. The van der Waals surface area contributed by atoms with Gasteiger partial charge in [0.15, 0.2) is 5.78 Å². The standard InChI is InChI=1S/C19H16O3/c1-11-6-7-13(16(8-11)19(21)22)9-15-10-14-5-3-4-12(2)17(14)18(15)20/h3-9H,10H2,1-2H3,(H,21,22). The number of aryl methyl sites for hydroxylation is 2. The van der Waals surface area contributed by atoms with Crippen LogP contribution in [0.2, 0.25) is 0 Å². The van der Waals surface area contributed by atoms with Gasteiger partial charge in [-0.2, -0.15) is 0 Å². The highest BCUT2D eigenvalue weighted by atomic mass is 16.4. The number of carbonyl (C=O) groups is 2. The Balaban J connectivity index is 2.08. The van der Waals surface area contributed by atoms with Gasteiger partial charge in [-0.3, -0.25) is 4.79 Å². The van der Waals surface area contributed by atoms with E-state index in [2.05, 4.69) is 0 Å². The molecule has 3 nitrogen and oxygen atoms in total. The van der Waals surface area contributed by atoms with E-state index in [-0.39, 0.29) is 11.3 Å². The Morgan fingerprint density at radius 1 is 1.18 bits per heavy atom. The number of fused-ring (bicyclic) bond motifs is 1. The first-order chi connectivity index (χ1) is 10.5. The fourth-order valence-corrected chi connectivity index (χ4v) is 2.93. The topological polar surface area (TPSA) is 54.4 Å². The van der Waals surface area contributed by atoms with E-state index < -0.39 is 5.97 Å². The summed E-state index contributed by atoms with van der Waals surface area (Å²) in [6.45, 7) is 3.78. The summed E-state index contributed by atoms with van der Waals surface area (Å²) in [7, 11) is 0. The number of hydrogen-bond acceptors (Lipinski definition) is 2. The Labute approximate surface area is 128 Å². The Kier molecular flexibility index (Phi) is 3.41. The van der Waals surface area contributed by atoms with Crippen LogP contribution in [0.5, 0.6) is 0 Å². The Morgan fingerprint density at radius 2 is 1.95 bits per heavy atom. The summed E-state index contributed by atoms with van der Waals surface area (Å²) >= 11 is 0. The molecule has 0 saturated carbocycles. The molecule has 3 rings (SSSR count). The number of carboxylic acid groups (broad SMARTS) is 1. The predicted molar refractivity (Wildman–Crippen MR) is 85.3 cm³/mol. The number of carboxylic acids is 1. The number of allylic oxidation sites excluding steroid dienone is 1. The number of carbonyl (C=O) groups excluding carboxylic acids is 1. The lowest BCUT2D eigenvalue weighted by atomic mass is 10.0. The van der Waals surface area contributed by atoms with Crippen LogP contribution < -0.4 is 0 Å². The van der Waals surface area contributed by atoms with Crippen LogP contribution in [0, 0.1) is 13.8 Å². The van der Waals surface area contributed by atoms with Gasteiger partial charge in [0, 0.05) is 17.6 Å². The van der Waals surface area contributed by atoms with Crippen LogP contribution in [0.25, 0.3) is 6.08 Å². The molecule has 0 fully saturated rings. The van der Waals surface area contributed by atoms with Gasteiger partial charge in [0.05, 0.1) is 5.56 Å². The molecule has 1 N–H and O–H groups in total. The van der Waals surface area contributed by atoms with Gasteiger partial charge in [0.2, 0.25) is 0 Å². The van der Waals surface area contributed by atoms with Gasteiger partial charge in [0.1, 0.15) is 0 Å². The molecule has 0 amide bonds. The van der Waals surface area contributed by atoms with E-state index in [9.17, 15) is 14.7 Å². The fraction of sp³-hybridized carbons (Fsp3) is 0.158. The second-order valence-electron chi connectivity index (χ2n) is 5.68. The van der Waals surface area contributed by atoms with Gasteiger partial charge < -0.3 is 5.11 Å². The largest absolute Gasteiger partial charge is 0.478 e. The first-order valence-electron chi connectivity index (χ1n) is 7.15. The van der Waals surface area contributed by atoms with Crippen molar-refractivity contribution in [1.82, 2.24) is 0 Å². The third kappa shape index (κ3) is 2.35. The summed E-state index contributed by atoms with van der Waals surface area (Å²) in [6.07, 6.45) is 2.27. The van der Waals surface area contributed by atoms with Gasteiger partial charge >= 0.3 is 5.97 Å². The maximum atomic E-state index is 12.6. The van der Waals surface area contributed by atoms with E-state index >= 15 is 0 Å². The lowest BCUT2D eigenvalue weighted by Gasteiger charge is -2.04. The fourth-order valence-electron chi connectivity index (χ4n) is 2.93. The van der Waals surface area contributed by atoms with Crippen LogP contribution in [0.3, 0.4) is 0 Å². The third-order valence-electron chi connectivity index (χ3n) is 4.03. The van der Waals surface area contributed by atoms with Crippen LogP contribution in [-0.4, -0.2) is 16.9 Å². The van der Waals surface area contributed by atoms with Gasteiger partial charge in [-0.1, -0.05) is 35.9 Å². The van der Waals surface area contributed by atoms with Crippen molar-refractivity contribution in [3.63, 3.8) is 0 Å². The molecular formula is C19H16O3.